The van der Waals surface area contributed by atoms with Crippen molar-refractivity contribution in [1.82, 2.24) is 4.90 Å². The SMILES string of the molecule is COCCN1CCC(C)(CC(=O)O)CC1. The predicted octanol–water partition coefficient (Wildman–Crippen LogP) is 1.21. The molecule has 0 radical (unpaired) electrons. The molecule has 0 aromatic rings. The monoisotopic (exact) mass is 215 g/mol. The summed E-state index contributed by atoms with van der Waals surface area (Å²) >= 11 is 0. The zero-order valence-electron chi connectivity index (χ0n) is 9.66. The highest BCUT2D eigenvalue weighted by Gasteiger charge is 2.31. The second-order valence-electron chi connectivity index (χ2n) is 4.72. The molecule has 4 nitrogen and oxygen atoms in total. The maximum Gasteiger partial charge on any atom is 0.303 e. The molecule has 88 valence electrons. The largest absolute Gasteiger partial charge is 0.481 e. The van der Waals surface area contributed by atoms with Gasteiger partial charge in [0.2, 0.25) is 0 Å². The molecule has 1 heterocycles. The molecule has 0 amide bonds. The second kappa shape index (κ2) is 5.47. The molecular formula is C11H21NO3. The third kappa shape index (κ3) is 4.18. The van der Waals surface area contributed by atoms with Crippen LogP contribution in [0.3, 0.4) is 0 Å². The molecule has 1 fully saturated rings. The summed E-state index contributed by atoms with van der Waals surface area (Å²) in [7, 11) is 1.71. The van der Waals surface area contributed by atoms with Gasteiger partial charge in [-0.15, -0.1) is 0 Å². The first-order valence-corrected chi connectivity index (χ1v) is 5.49. The van der Waals surface area contributed by atoms with E-state index in [4.69, 9.17) is 9.84 Å². The number of piperidine rings is 1. The molecule has 15 heavy (non-hydrogen) atoms. The molecule has 0 spiro atoms. The highest BCUT2D eigenvalue weighted by atomic mass is 16.5. The lowest BCUT2D eigenvalue weighted by atomic mass is 9.77. The quantitative estimate of drug-likeness (QED) is 0.749. The van der Waals surface area contributed by atoms with Crippen LogP contribution < -0.4 is 0 Å². The highest BCUT2D eigenvalue weighted by Crippen LogP contribution is 2.34. The van der Waals surface area contributed by atoms with E-state index in [-0.39, 0.29) is 5.41 Å². The van der Waals surface area contributed by atoms with Gasteiger partial charge >= 0.3 is 5.97 Å². The van der Waals surface area contributed by atoms with E-state index in [0.717, 1.165) is 39.1 Å². The Kier molecular flexibility index (Phi) is 4.54. The molecule has 0 bridgehead atoms. The summed E-state index contributed by atoms with van der Waals surface area (Å²) in [5.41, 5.74) is -0.00456. The summed E-state index contributed by atoms with van der Waals surface area (Å²) < 4.78 is 5.03. The van der Waals surface area contributed by atoms with E-state index < -0.39 is 5.97 Å². The molecule has 1 saturated heterocycles. The molecule has 1 N–H and O–H groups in total. The van der Waals surface area contributed by atoms with Gasteiger partial charge in [0, 0.05) is 13.7 Å². The van der Waals surface area contributed by atoms with E-state index in [1.165, 1.54) is 0 Å². The maximum atomic E-state index is 10.7. The molecular weight excluding hydrogens is 194 g/mol. The highest BCUT2D eigenvalue weighted by molar-refractivity contribution is 5.67. The first-order valence-electron chi connectivity index (χ1n) is 5.49. The van der Waals surface area contributed by atoms with Crippen molar-refractivity contribution in [2.75, 3.05) is 33.4 Å². The number of methoxy groups -OCH3 is 1. The van der Waals surface area contributed by atoms with Crippen molar-refractivity contribution in [2.45, 2.75) is 26.2 Å². The van der Waals surface area contributed by atoms with Gasteiger partial charge in [-0.3, -0.25) is 4.79 Å². The molecule has 0 aromatic carbocycles. The lowest BCUT2D eigenvalue weighted by molar-refractivity contribution is -0.140. The van der Waals surface area contributed by atoms with Crippen molar-refractivity contribution < 1.29 is 14.6 Å². The molecule has 4 heteroatoms. The van der Waals surface area contributed by atoms with Crippen LogP contribution in [-0.2, 0) is 9.53 Å². The normalized spacial score (nSPS) is 21.5. The van der Waals surface area contributed by atoms with Gasteiger partial charge in [-0.05, 0) is 31.3 Å². The van der Waals surface area contributed by atoms with Crippen molar-refractivity contribution in [3.8, 4) is 0 Å². The van der Waals surface area contributed by atoms with E-state index in [0.29, 0.717) is 6.42 Å². The summed E-state index contributed by atoms with van der Waals surface area (Å²) in [4.78, 5) is 13.0. The molecule has 0 atom stereocenters. The first kappa shape index (κ1) is 12.5. The number of ether oxygens (including phenoxy) is 1. The van der Waals surface area contributed by atoms with Gasteiger partial charge in [0.1, 0.15) is 0 Å². The van der Waals surface area contributed by atoms with E-state index in [1.54, 1.807) is 7.11 Å². The van der Waals surface area contributed by atoms with Crippen LogP contribution in [0.15, 0.2) is 0 Å². The standard InChI is InChI=1S/C11H21NO3/c1-11(9-10(13)14)3-5-12(6-4-11)7-8-15-2/h3-9H2,1-2H3,(H,13,14). The van der Waals surface area contributed by atoms with E-state index in [1.807, 2.05) is 0 Å². The average molecular weight is 215 g/mol. The minimum atomic E-state index is -0.678. The van der Waals surface area contributed by atoms with Gasteiger partial charge in [-0.1, -0.05) is 6.92 Å². The van der Waals surface area contributed by atoms with Gasteiger partial charge in [0.05, 0.1) is 13.0 Å². The first-order chi connectivity index (χ1) is 7.06. The van der Waals surface area contributed by atoms with E-state index >= 15 is 0 Å². The van der Waals surface area contributed by atoms with Crippen molar-refractivity contribution in [1.29, 1.82) is 0 Å². The molecule has 0 saturated carbocycles. The fourth-order valence-corrected chi connectivity index (χ4v) is 2.08. The van der Waals surface area contributed by atoms with Crippen LogP contribution in [0.5, 0.6) is 0 Å². The number of carboxylic acids is 1. The Morgan fingerprint density at radius 2 is 2.07 bits per heavy atom. The molecule has 0 unspecified atom stereocenters. The minimum absolute atomic E-state index is 0.00456. The molecule has 1 aliphatic rings. The molecule has 0 aliphatic carbocycles. The molecule has 0 aromatic heterocycles. The fourth-order valence-electron chi connectivity index (χ4n) is 2.08. The Labute approximate surface area is 91.2 Å². The summed E-state index contributed by atoms with van der Waals surface area (Å²) in [5, 5.41) is 8.80. The number of nitrogens with zero attached hydrogens (tertiary/aromatic N) is 1. The lowest BCUT2D eigenvalue weighted by Gasteiger charge is -2.38. The van der Waals surface area contributed by atoms with Crippen LogP contribution in [0.25, 0.3) is 0 Å². The Morgan fingerprint density at radius 3 is 2.53 bits per heavy atom. The Balaban J connectivity index is 2.30. The topological polar surface area (TPSA) is 49.8 Å². The number of hydrogen-bond donors (Lipinski definition) is 1. The summed E-state index contributed by atoms with van der Waals surface area (Å²) in [6.07, 6.45) is 2.25. The van der Waals surface area contributed by atoms with Crippen LogP contribution in [0, 0.1) is 5.41 Å². The van der Waals surface area contributed by atoms with Crippen LogP contribution in [-0.4, -0.2) is 49.3 Å². The Hall–Kier alpha value is -0.610. The van der Waals surface area contributed by atoms with Gasteiger partial charge in [-0.2, -0.15) is 0 Å². The maximum absolute atomic E-state index is 10.7. The Morgan fingerprint density at radius 1 is 1.47 bits per heavy atom. The molecule has 1 aliphatic heterocycles. The average Bonchev–Trinajstić information content (AvgIpc) is 2.15. The number of rotatable bonds is 5. The summed E-state index contributed by atoms with van der Waals surface area (Å²) in [6.45, 7) is 5.78. The van der Waals surface area contributed by atoms with Gasteiger partial charge < -0.3 is 14.7 Å². The third-order valence-corrected chi connectivity index (χ3v) is 3.25. The predicted molar refractivity (Wildman–Crippen MR) is 57.9 cm³/mol. The van der Waals surface area contributed by atoms with Gasteiger partial charge in [-0.25, -0.2) is 0 Å². The van der Waals surface area contributed by atoms with Crippen LogP contribution >= 0.6 is 0 Å². The van der Waals surface area contributed by atoms with E-state index in [9.17, 15) is 4.79 Å². The van der Waals surface area contributed by atoms with Crippen molar-refractivity contribution >= 4 is 5.97 Å². The van der Waals surface area contributed by atoms with Crippen LogP contribution in [0.2, 0.25) is 0 Å². The number of carboxylic acid groups (broad SMARTS) is 1. The van der Waals surface area contributed by atoms with E-state index in [2.05, 4.69) is 11.8 Å². The second-order valence-corrected chi connectivity index (χ2v) is 4.72. The third-order valence-electron chi connectivity index (χ3n) is 3.25. The molecule has 1 rings (SSSR count). The van der Waals surface area contributed by atoms with Crippen molar-refractivity contribution in [3.63, 3.8) is 0 Å². The van der Waals surface area contributed by atoms with Gasteiger partial charge in [0.25, 0.3) is 0 Å². The lowest BCUT2D eigenvalue weighted by Crippen LogP contribution is -2.41. The number of aliphatic carboxylic acids is 1. The number of carbonyl (C=O) groups is 1. The summed E-state index contributed by atoms with van der Waals surface area (Å²) in [6, 6.07) is 0. The van der Waals surface area contributed by atoms with Crippen LogP contribution in [0.4, 0.5) is 0 Å². The fraction of sp³-hybridized carbons (Fsp3) is 0.909. The van der Waals surface area contributed by atoms with Crippen molar-refractivity contribution in [2.24, 2.45) is 5.41 Å². The Bertz CT molecular complexity index is 210. The zero-order chi connectivity index (χ0) is 11.3. The van der Waals surface area contributed by atoms with Crippen LogP contribution in [0.1, 0.15) is 26.2 Å². The van der Waals surface area contributed by atoms with Crippen molar-refractivity contribution in [3.05, 3.63) is 0 Å². The summed E-state index contributed by atoms with van der Waals surface area (Å²) in [5.74, 6) is -0.678. The minimum Gasteiger partial charge on any atom is -0.481 e. The van der Waals surface area contributed by atoms with Gasteiger partial charge in [0.15, 0.2) is 0 Å². The zero-order valence-corrected chi connectivity index (χ0v) is 9.66. The smallest absolute Gasteiger partial charge is 0.303 e. The number of likely N-dealkylation sites (tertiary alicyclic amines) is 1. The number of hydrogen-bond acceptors (Lipinski definition) is 3.